The molecule has 2 atom stereocenters. The molecule has 1 aliphatic rings. The number of aromatic nitrogens is 1. The number of nitrogens with zero attached hydrogens (tertiary/aromatic N) is 1. The van der Waals surface area contributed by atoms with Crippen LogP contribution < -0.4 is 16.0 Å². The molecule has 38 heavy (non-hydrogen) atoms. The predicted molar refractivity (Wildman–Crippen MR) is 140 cm³/mol. The van der Waals surface area contributed by atoms with Gasteiger partial charge in [-0.05, 0) is 31.4 Å². The van der Waals surface area contributed by atoms with E-state index in [1.54, 1.807) is 32.9 Å². The van der Waals surface area contributed by atoms with Gasteiger partial charge in [0.05, 0.1) is 18.7 Å². The Bertz CT molecular complexity index is 1120. The van der Waals surface area contributed by atoms with Crippen molar-refractivity contribution in [3.8, 4) is 0 Å². The highest BCUT2D eigenvalue weighted by molar-refractivity contribution is 8.13. The summed E-state index contributed by atoms with van der Waals surface area (Å²) in [4.78, 5) is 66.8. The standard InChI is InChI=1S/C26H33FN4O6S/c1-5-19-24(34)31-23(15(3)4)26(36)37-18(9-7-8-10-38-22(33)6-2)13-21(32)28-14-17-11-16(27)12-20(29-17)25(35)30-19/h5,7,9,11-12,15,18,23H,6,8,10,13-14H2,1-4H3,(H,28,32)(H,30,35)(H,31,34)/b9-7+,19-5-/t18-,23?/m1/s1. The van der Waals surface area contributed by atoms with Crippen molar-refractivity contribution in [3.05, 3.63) is 53.3 Å². The highest BCUT2D eigenvalue weighted by atomic mass is 32.2. The van der Waals surface area contributed by atoms with Gasteiger partial charge in [-0.1, -0.05) is 44.7 Å². The van der Waals surface area contributed by atoms with Crippen molar-refractivity contribution < 1.29 is 33.1 Å². The number of allylic oxidation sites excluding steroid dienone is 2. The molecule has 1 aromatic heterocycles. The average molecular weight is 549 g/mol. The molecule has 0 aliphatic carbocycles. The minimum atomic E-state index is -1.09. The third kappa shape index (κ3) is 9.73. The Morgan fingerprint density at radius 3 is 2.63 bits per heavy atom. The van der Waals surface area contributed by atoms with E-state index >= 15 is 0 Å². The summed E-state index contributed by atoms with van der Waals surface area (Å²) in [5.41, 5.74) is -0.353. The number of hydrogen-bond donors (Lipinski definition) is 3. The van der Waals surface area contributed by atoms with E-state index < -0.39 is 41.7 Å². The van der Waals surface area contributed by atoms with Gasteiger partial charge in [-0.25, -0.2) is 14.2 Å². The van der Waals surface area contributed by atoms with E-state index in [2.05, 4.69) is 20.9 Å². The predicted octanol–water partition coefficient (Wildman–Crippen LogP) is 2.54. The number of halogens is 1. The van der Waals surface area contributed by atoms with Gasteiger partial charge in [-0.15, -0.1) is 0 Å². The maximum atomic E-state index is 14.2. The maximum Gasteiger partial charge on any atom is 0.329 e. The van der Waals surface area contributed by atoms with E-state index in [0.717, 1.165) is 12.1 Å². The summed E-state index contributed by atoms with van der Waals surface area (Å²) >= 11 is 1.19. The summed E-state index contributed by atoms with van der Waals surface area (Å²) in [6.07, 6.45) is 4.35. The van der Waals surface area contributed by atoms with E-state index in [9.17, 15) is 28.4 Å². The van der Waals surface area contributed by atoms with E-state index in [1.165, 1.54) is 24.8 Å². The number of carbonyl (C=O) groups is 5. The summed E-state index contributed by atoms with van der Waals surface area (Å²) < 4.78 is 19.8. The molecular formula is C26H33FN4O6S. The van der Waals surface area contributed by atoms with Crippen LogP contribution in [0.2, 0.25) is 0 Å². The monoisotopic (exact) mass is 548 g/mol. The zero-order valence-electron chi connectivity index (χ0n) is 21.8. The molecule has 0 radical (unpaired) electrons. The molecule has 0 aromatic carbocycles. The van der Waals surface area contributed by atoms with Crippen LogP contribution in [0.5, 0.6) is 0 Å². The Labute approximate surface area is 225 Å². The van der Waals surface area contributed by atoms with Crippen LogP contribution in [0.15, 0.2) is 36.1 Å². The Kier molecular flexibility index (Phi) is 12.1. The maximum absolute atomic E-state index is 14.2. The van der Waals surface area contributed by atoms with Gasteiger partial charge in [0.25, 0.3) is 11.8 Å². The van der Waals surface area contributed by atoms with Crippen LogP contribution in [-0.4, -0.2) is 51.7 Å². The molecule has 0 saturated heterocycles. The first-order chi connectivity index (χ1) is 18.0. The summed E-state index contributed by atoms with van der Waals surface area (Å²) in [5, 5.41) is 7.60. The van der Waals surface area contributed by atoms with Crippen molar-refractivity contribution in [2.75, 3.05) is 5.75 Å². The lowest BCUT2D eigenvalue weighted by atomic mass is 10.0. The number of esters is 1. The number of nitrogens with one attached hydrogen (secondary N) is 3. The number of cyclic esters (lactones) is 1. The Hall–Kier alpha value is -3.54. The number of ether oxygens (including phenoxy) is 1. The minimum absolute atomic E-state index is 0.0650. The highest BCUT2D eigenvalue weighted by Gasteiger charge is 2.30. The zero-order valence-corrected chi connectivity index (χ0v) is 22.7. The van der Waals surface area contributed by atoms with Crippen molar-refractivity contribution in [2.45, 2.75) is 65.6 Å². The van der Waals surface area contributed by atoms with Gasteiger partial charge < -0.3 is 20.7 Å². The molecule has 3 amide bonds. The number of amides is 3. The molecule has 206 valence electrons. The molecule has 0 saturated carbocycles. The number of hydrogen-bond acceptors (Lipinski definition) is 8. The molecule has 0 spiro atoms. The van der Waals surface area contributed by atoms with E-state index in [-0.39, 0.29) is 41.1 Å². The van der Waals surface area contributed by atoms with Crippen molar-refractivity contribution in [1.29, 1.82) is 0 Å². The van der Waals surface area contributed by atoms with Crippen molar-refractivity contribution >= 4 is 40.6 Å². The molecule has 2 rings (SSSR count). The molecule has 1 unspecified atom stereocenters. The summed E-state index contributed by atoms with van der Waals surface area (Å²) in [6.45, 7) is 6.53. The summed E-state index contributed by atoms with van der Waals surface area (Å²) in [7, 11) is 0. The molecule has 1 aromatic rings. The SMILES string of the molecule is C/C=C1\NC(=O)c2cc(F)cc(n2)CNC(=O)C[C@@H](/C=C/CCSC(=O)CC)OC(=O)C(C(C)C)NC1=O. The summed E-state index contributed by atoms with van der Waals surface area (Å²) in [5.74, 6) is -3.44. The zero-order chi connectivity index (χ0) is 28.2. The van der Waals surface area contributed by atoms with Crippen LogP contribution >= 0.6 is 11.8 Å². The quantitative estimate of drug-likeness (QED) is 0.213. The van der Waals surface area contributed by atoms with Crippen LogP contribution in [0, 0.1) is 11.7 Å². The normalized spacial score (nSPS) is 20.7. The number of fused-ring (bicyclic) bond motifs is 2. The van der Waals surface area contributed by atoms with Gasteiger partial charge >= 0.3 is 5.97 Å². The molecule has 2 bridgehead atoms. The second kappa shape index (κ2) is 15.0. The lowest BCUT2D eigenvalue weighted by molar-refractivity contribution is -0.153. The lowest BCUT2D eigenvalue weighted by Gasteiger charge is -2.24. The Morgan fingerprint density at radius 2 is 1.97 bits per heavy atom. The van der Waals surface area contributed by atoms with Crippen LogP contribution in [0.25, 0.3) is 0 Å². The van der Waals surface area contributed by atoms with Crippen LogP contribution in [0.3, 0.4) is 0 Å². The highest BCUT2D eigenvalue weighted by Crippen LogP contribution is 2.13. The van der Waals surface area contributed by atoms with Gasteiger partial charge in [0.1, 0.15) is 29.4 Å². The van der Waals surface area contributed by atoms with Gasteiger partial charge in [0.15, 0.2) is 5.12 Å². The second-order valence-electron chi connectivity index (χ2n) is 8.76. The average Bonchev–Trinajstić information content (AvgIpc) is 2.87. The third-order valence-electron chi connectivity index (χ3n) is 5.37. The van der Waals surface area contributed by atoms with E-state index in [1.807, 2.05) is 0 Å². The fourth-order valence-corrected chi connectivity index (χ4v) is 4.01. The van der Waals surface area contributed by atoms with Gasteiger partial charge in [0.2, 0.25) is 5.91 Å². The van der Waals surface area contributed by atoms with Gasteiger partial charge in [0, 0.05) is 18.2 Å². The number of rotatable bonds is 6. The first kappa shape index (κ1) is 30.7. The van der Waals surface area contributed by atoms with E-state index in [4.69, 9.17) is 4.74 Å². The number of pyridine rings is 1. The fraction of sp³-hybridized carbons (Fsp3) is 0.462. The molecular weight excluding hydrogens is 515 g/mol. The second-order valence-corrected chi connectivity index (χ2v) is 9.91. The minimum Gasteiger partial charge on any atom is -0.456 e. The smallest absolute Gasteiger partial charge is 0.329 e. The van der Waals surface area contributed by atoms with Crippen molar-refractivity contribution in [3.63, 3.8) is 0 Å². The van der Waals surface area contributed by atoms with Gasteiger partial charge in [-0.3, -0.25) is 19.2 Å². The lowest BCUT2D eigenvalue weighted by Crippen LogP contribution is -2.48. The first-order valence-electron chi connectivity index (χ1n) is 12.3. The van der Waals surface area contributed by atoms with Crippen molar-refractivity contribution in [2.24, 2.45) is 5.92 Å². The Morgan fingerprint density at radius 1 is 1.24 bits per heavy atom. The summed E-state index contributed by atoms with van der Waals surface area (Å²) in [6, 6.07) is 0.901. The number of thioether (sulfide) groups is 1. The molecule has 2 heterocycles. The van der Waals surface area contributed by atoms with E-state index in [0.29, 0.717) is 18.6 Å². The Balaban J connectivity index is 2.35. The van der Waals surface area contributed by atoms with Crippen LogP contribution in [-0.2, 0) is 30.5 Å². The van der Waals surface area contributed by atoms with Crippen LogP contribution in [0.1, 0.15) is 63.1 Å². The molecule has 12 heteroatoms. The molecule has 3 N–H and O–H groups in total. The first-order valence-corrected chi connectivity index (χ1v) is 13.3. The molecule has 10 nitrogen and oxygen atoms in total. The largest absolute Gasteiger partial charge is 0.456 e. The van der Waals surface area contributed by atoms with Gasteiger partial charge in [-0.2, -0.15) is 0 Å². The number of carbonyl (C=O) groups excluding carboxylic acids is 5. The van der Waals surface area contributed by atoms with Crippen LogP contribution in [0.4, 0.5) is 4.39 Å². The third-order valence-corrected chi connectivity index (χ3v) is 6.42. The fourth-order valence-electron chi connectivity index (χ4n) is 3.33. The molecule has 1 aliphatic heterocycles. The van der Waals surface area contributed by atoms with Crippen molar-refractivity contribution in [1.82, 2.24) is 20.9 Å². The molecule has 0 fully saturated rings. The topological polar surface area (TPSA) is 144 Å².